The van der Waals surface area contributed by atoms with Crippen molar-refractivity contribution in [3.8, 4) is 5.75 Å². The third kappa shape index (κ3) is 6.42. The summed E-state index contributed by atoms with van der Waals surface area (Å²) in [6, 6.07) is 9.68. The lowest BCUT2D eigenvalue weighted by molar-refractivity contribution is -0.274. The predicted octanol–water partition coefficient (Wildman–Crippen LogP) is 3.86. The molecule has 7 nitrogen and oxygen atoms in total. The van der Waals surface area contributed by atoms with E-state index in [4.69, 9.17) is 0 Å². The predicted molar refractivity (Wildman–Crippen MR) is 108 cm³/mol. The number of benzene rings is 2. The minimum absolute atomic E-state index is 0.0525. The lowest BCUT2D eigenvalue weighted by Crippen LogP contribution is -2.17. The van der Waals surface area contributed by atoms with Crippen LogP contribution in [0.1, 0.15) is 5.56 Å². The molecule has 1 N–H and O–H groups in total. The Morgan fingerprint density at radius 3 is 2.29 bits per heavy atom. The van der Waals surface area contributed by atoms with Crippen molar-refractivity contribution in [2.45, 2.75) is 22.6 Å². The number of nitrogens with one attached hydrogen (secondary N) is 1. The smallest absolute Gasteiger partial charge is 0.406 e. The van der Waals surface area contributed by atoms with E-state index in [0.717, 1.165) is 47.7 Å². The van der Waals surface area contributed by atoms with Crippen LogP contribution in [-0.2, 0) is 26.3 Å². The van der Waals surface area contributed by atoms with Gasteiger partial charge in [0, 0.05) is 11.6 Å². The molecule has 0 saturated heterocycles. The van der Waals surface area contributed by atoms with Crippen LogP contribution in [-0.4, -0.2) is 33.9 Å². The summed E-state index contributed by atoms with van der Waals surface area (Å²) < 4.78 is 92.8. The van der Waals surface area contributed by atoms with Crippen molar-refractivity contribution in [2.75, 3.05) is 10.5 Å². The fourth-order valence-electron chi connectivity index (χ4n) is 2.54. The van der Waals surface area contributed by atoms with E-state index in [1.807, 2.05) is 0 Å². The molecule has 1 aromatic heterocycles. The maximum atomic E-state index is 12.6. The van der Waals surface area contributed by atoms with E-state index in [1.54, 1.807) is 5.38 Å². The molecule has 166 valence electrons. The summed E-state index contributed by atoms with van der Waals surface area (Å²) in [6.45, 7) is 0. The molecule has 0 atom stereocenters. The Morgan fingerprint density at radius 2 is 1.68 bits per heavy atom. The summed E-state index contributed by atoms with van der Waals surface area (Å²) in [6.07, 6.45) is -3.46. The van der Waals surface area contributed by atoms with Gasteiger partial charge in [-0.1, -0.05) is 12.1 Å². The Hall–Kier alpha value is -2.64. The van der Waals surface area contributed by atoms with Crippen molar-refractivity contribution in [3.63, 3.8) is 0 Å². The van der Waals surface area contributed by atoms with Gasteiger partial charge in [0.25, 0.3) is 10.0 Å². The number of aromatic nitrogens is 1. The number of sulfone groups is 1. The lowest BCUT2D eigenvalue weighted by Gasteiger charge is -2.10. The van der Waals surface area contributed by atoms with Crippen LogP contribution in [0.15, 0.2) is 69.9 Å². The molecule has 0 fully saturated rings. The molecule has 2 aromatic carbocycles. The molecule has 31 heavy (non-hydrogen) atoms. The van der Waals surface area contributed by atoms with Gasteiger partial charge < -0.3 is 4.74 Å². The highest BCUT2D eigenvalue weighted by Gasteiger charge is 2.31. The molecular formula is C18H15F3N2O5S3. The van der Waals surface area contributed by atoms with Crippen LogP contribution >= 0.6 is 11.3 Å². The zero-order valence-electron chi connectivity index (χ0n) is 15.5. The third-order valence-electron chi connectivity index (χ3n) is 3.94. The normalized spacial score (nSPS) is 12.5. The first kappa shape index (κ1) is 23.0. The number of nitrogens with zero attached hydrogens (tertiary/aromatic N) is 1. The zero-order chi connectivity index (χ0) is 22.7. The summed E-state index contributed by atoms with van der Waals surface area (Å²) in [4.78, 5) is 3.58. The van der Waals surface area contributed by atoms with Crippen molar-refractivity contribution in [1.29, 1.82) is 0 Å². The number of hydrogen-bond acceptors (Lipinski definition) is 7. The third-order valence-corrected chi connectivity index (χ3v) is 7.84. The number of ether oxygens (including phenoxy) is 1. The minimum atomic E-state index is -4.85. The van der Waals surface area contributed by atoms with Gasteiger partial charge in [0.1, 0.15) is 5.75 Å². The fraction of sp³-hybridized carbons (Fsp3) is 0.167. The zero-order valence-corrected chi connectivity index (χ0v) is 18.0. The number of alkyl halides is 3. The molecule has 0 aliphatic heterocycles. The highest BCUT2D eigenvalue weighted by Crippen LogP contribution is 2.24. The van der Waals surface area contributed by atoms with Gasteiger partial charge >= 0.3 is 6.36 Å². The summed E-state index contributed by atoms with van der Waals surface area (Å²) in [5, 5.41) is 1.77. The molecular weight excluding hydrogens is 477 g/mol. The molecule has 0 amide bonds. The molecule has 0 unspecified atom stereocenters. The molecule has 3 aromatic rings. The number of halogens is 3. The van der Waals surface area contributed by atoms with Crippen LogP contribution in [0, 0.1) is 0 Å². The van der Waals surface area contributed by atoms with Crippen molar-refractivity contribution in [3.05, 3.63) is 65.7 Å². The summed E-state index contributed by atoms with van der Waals surface area (Å²) in [5.74, 6) is -0.823. The second-order valence-electron chi connectivity index (χ2n) is 6.18. The number of hydrogen-bond donors (Lipinski definition) is 1. The average Bonchev–Trinajstić information content (AvgIpc) is 3.18. The number of anilines is 1. The van der Waals surface area contributed by atoms with Crippen LogP contribution in [0.2, 0.25) is 0 Å². The molecule has 0 saturated carbocycles. The minimum Gasteiger partial charge on any atom is -0.406 e. The van der Waals surface area contributed by atoms with E-state index in [-0.39, 0.29) is 27.1 Å². The monoisotopic (exact) mass is 492 g/mol. The van der Waals surface area contributed by atoms with Crippen LogP contribution in [0.3, 0.4) is 0 Å². The average molecular weight is 493 g/mol. The fourth-order valence-corrected chi connectivity index (χ4v) is 5.62. The number of aryl methyl sites for hydroxylation is 1. The van der Waals surface area contributed by atoms with Gasteiger partial charge in [0.15, 0.2) is 15.0 Å². The maximum absolute atomic E-state index is 12.6. The molecule has 0 radical (unpaired) electrons. The lowest BCUT2D eigenvalue weighted by atomic mass is 10.2. The standard InChI is InChI=1S/C18H15F3N2O5S3/c19-18(20,21)28-14-3-1-2-13(12-14)8-11-30(24,25)15-4-6-16(7-5-15)31(26,27)23-17-22-9-10-29-17/h1-7,9-10,12H,8,11H2,(H,22,23). The SMILES string of the molecule is O=S(=O)(CCc1cccc(OC(F)(F)F)c1)c1ccc(S(=O)(=O)Nc2nccs2)cc1. The first-order valence-corrected chi connectivity index (χ1v) is 12.6. The largest absolute Gasteiger partial charge is 0.573 e. The van der Waals surface area contributed by atoms with Crippen LogP contribution in [0.5, 0.6) is 5.75 Å². The molecule has 13 heteroatoms. The Morgan fingerprint density at radius 1 is 1.00 bits per heavy atom. The second kappa shape index (κ2) is 8.85. The van der Waals surface area contributed by atoms with Crippen molar-refractivity contribution >= 4 is 36.3 Å². The Balaban J connectivity index is 1.69. The van der Waals surface area contributed by atoms with Gasteiger partial charge in [-0.15, -0.1) is 24.5 Å². The molecule has 0 aliphatic carbocycles. The molecule has 0 aliphatic rings. The highest BCUT2D eigenvalue weighted by atomic mass is 32.2. The Kier molecular flexibility index (Phi) is 6.57. The van der Waals surface area contributed by atoms with E-state index >= 15 is 0 Å². The summed E-state index contributed by atoms with van der Waals surface area (Å²) in [7, 11) is -7.73. The van der Waals surface area contributed by atoms with Gasteiger partial charge in [-0.2, -0.15) is 0 Å². The van der Waals surface area contributed by atoms with Crippen LogP contribution in [0.4, 0.5) is 18.3 Å². The van der Waals surface area contributed by atoms with Gasteiger partial charge in [-0.25, -0.2) is 21.8 Å². The first-order valence-electron chi connectivity index (χ1n) is 8.54. The summed E-state index contributed by atoms with van der Waals surface area (Å²) in [5.41, 5.74) is 0.345. The highest BCUT2D eigenvalue weighted by molar-refractivity contribution is 7.93. The van der Waals surface area contributed by atoms with Gasteiger partial charge in [-0.05, 0) is 48.4 Å². The molecule has 1 heterocycles. The van der Waals surface area contributed by atoms with Gasteiger partial charge in [0.05, 0.1) is 15.5 Å². The summed E-state index contributed by atoms with van der Waals surface area (Å²) >= 11 is 1.09. The van der Waals surface area contributed by atoms with Crippen LogP contribution < -0.4 is 9.46 Å². The Labute approximate surface area is 180 Å². The van der Waals surface area contributed by atoms with Crippen molar-refractivity contribution in [2.24, 2.45) is 0 Å². The van der Waals surface area contributed by atoms with Gasteiger partial charge in [-0.3, -0.25) is 4.72 Å². The molecule has 0 spiro atoms. The van der Waals surface area contributed by atoms with Crippen LogP contribution in [0.25, 0.3) is 0 Å². The quantitative estimate of drug-likeness (QED) is 0.512. The van der Waals surface area contributed by atoms with E-state index in [1.165, 1.54) is 18.3 Å². The number of rotatable bonds is 8. The van der Waals surface area contributed by atoms with E-state index < -0.39 is 32.0 Å². The molecule has 0 bridgehead atoms. The van der Waals surface area contributed by atoms with Gasteiger partial charge in [0.2, 0.25) is 0 Å². The van der Waals surface area contributed by atoms with Crippen molar-refractivity contribution in [1.82, 2.24) is 4.98 Å². The number of sulfonamides is 1. The first-order chi connectivity index (χ1) is 14.4. The second-order valence-corrected chi connectivity index (χ2v) is 10.9. The number of thiazole rings is 1. The molecule has 3 rings (SSSR count). The maximum Gasteiger partial charge on any atom is 0.573 e. The van der Waals surface area contributed by atoms with E-state index in [0.29, 0.717) is 5.56 Å². The van der Waals surface area contributed by atoms with Crippen molar-refractivity contribution < 1.29 is 34.7 Å². The van der Waals surface area contributed by atoms with E-state index in [9.17, 15) is 30.0 Å². The Bertz CT molecular complexity index is 1240. The topological polar surface area (TPSA) is 102 Å². The van der Waals surface area contributed by atoms with E-state index in [2.05, 4.69) is 14.4 Å².